The summed E-state index contributed by atoms with van der Waals surface area (Å²) in [6.45, 7) is 4.92. The predicted molar refractivity (Wildman–Crippen MR) is 61.5 cm³/mol. The van der Waals surface area contributed by atoms with Gasteiger partial charge >= 0.3 is 0 Å². The van der Waals surface area contributed by atoms with Crippen LogP contribution in [0.2, 0.25) is 0 Å². The topological polar surface area (TPSA) is 63.7 Å². The van der Waals surface area contributed by atoms with Crippen molar-refractivity contribution >= 4 is 17.6 Å². The van der Waals surface area contributed by atoms with Gasteiger partial charge in [-0.3, -0.25) is 19.3 Å². The van der Waals surface area contributed by atoms with E-state index in [1.807, 2.05) is 13.8 Å². The quantitative estimate of drug-likeness (QED) is 0.671. The van der Waals surface area contributed by atoms with E-state index in [0.717, 1.165) is 17.7 Å². The largest absolute Gasteiger partial charge is 0.373 e. The van der Waals surface area contributed by atoms with E-state index in [2.05, 4.69) is 0 Å². The van der Waals surface area contributed by atoms with Crippen molar-refractivity contribution in [2.24, 2.45) is 10.8 Å². The molecular formula is C13H17NO4. The Morgan fingerprint density at radius 2 is 1.67 bits per heavy atom. The van der Waals surface area contributed by atoms with Crippen molar-refractivity contribution in [3.8, 4) is 0 Å². The summed E-state index contributed by atoms with van der Waals surface area (Å²) in [5.74, 6) is -0.646. The van der Waals surface area contributed by atoms with Crippen LogP contribution in [0, 0.1) is 10.8 Å². The molecule has 3 aliphatic rings. The molecule has 2 bridgehead atoms. The maximum atomic E-state index is 12.5. The minimum atomic E-state index is -0.789. The number of carbonyl (C=O) groups excluding carboxylic acids is 3. The summed E-state index contributed by atoms with van der Waals surface area (Å²) in [5, 5.41) is 0. The molecule has 5 nitrogen and oxygen atoms in total. The Morgan fingerprint density at radius 1 is 1.22 bits per heavy atom. The highest BCUT2D eigenvalue weighted by molar-refractivity contribution is 6.12. The summed E-state index contributed by atoms with van der Waals surface area (Å²) >= 11 is 0. The zero-order valence-corrected chi connectivity index (χ0v) is 10.9. The lowest BCUT2D eigenvalue weighted by atomic mass is 9.59. The second-order valence-corrected chi connectivity index (χ2v) is 5.99. The molecule has 0 radical (unpaired) electrons. The fraction of sp³-hybridized carbons (Fsp3) is 0.769. The summed E-state index contributed by atoms with van der Waals surface area (Å²) in [4.78, 5) is 37.4. The molecule has 0 aromatic heterocycles. The molecule has 0 saturated carbocycles. The van der Waals surface area contributed by atoms with Gasteiger partial charge in [-0.25, -0.2) is 0 Å². The molecule has 3 saturated heterocycles. The Bertz CT molecular complexity index is 440. The Balaban J connectivity index is 2.07. The van der Waals surface area contributed by atoms with E-state index in [0.29, 0.717) is 0 Å². The van der Waals surface area contributed by atoms with Crippen molar-refractivity contribution in [3.05, 3.63) is 0 Å². The Hall–Kier alpha value is -1.23. The highest BCUT2D eigenvalue weighted by atomic mass is 16.5. The third kappa shape index (κ3) is 1.01. The maximum Gasteiger partial charge on any atom is 0.239 e. The van der Waals surface area contributed by atoms with Gasteiger partial charge < -0.3 is 4.74 Å². The Morgan fingerprint density at radius 3 is 2.06 bits per heavy atom. The van der Waals surface area contributed by atoms with Gasteiger partial charge in [0.2, 0.25) is 11.8 Å². The number of hydrogen-bond acceptors (Lipinski definition) is 4. The Kier molecular flexibility index (Phi) is 2.11. The lowest BCUT2D eigenvalue weighted by Gasteiger charge is -2.36. The number of rotatable bonds is 2. The highest BCUT2D eigenvalue weighted by Crippen LogP contribution is 2.64. The van der Waals surface area contributed by atoms with Crippen LogP contribution in [0.25, 0.3) is 0 Å². The fourth-order valence-corrected chi connectivity index (χ4v) is 3.89. The standard InChI is InChI=1S/C13H17NO4/c1-7(15)6-14-10(16)12(2)8-4-5-9(18-8)13(12,3)11(14)17/h8-9H,4-6H2,1-3H3/t8-,9+,12+,13-. The molecule has 0 spiro atoms. The number of carbonyl (C=O) groups is 3. The van der Waals surface area contributed by atoms with E-state index < -0.39 is 10.8 Å². The van der Waals surface area contributed by atoms with Gasteiger partial charge in [0.25, 0.3) is 0 Å². The van der Waals surface area contributed by atoms with Crippen molar-refractivity contribution in [1.82, 2.24) is 4.90 Å². The number of nitrogens with zero attached hydrogens (tertiary/aromatic N) is 1. The molecule has 0 N–H and O–H groups in total. The van der Waals surface area contributed by atoms with E-state index in [4.69, 9.17) is 4.74 Å². The molecule has 5 heteroatoms. The number of Topliss-reactive ketones (excluding diaryl/α,β-unsaturated/α-hetero) is 1. The average molecular weight is 251 g/mol. The second kappa shape index (κ2) is 3.20. The molecule has 98 valence electrons. The van der Waals surface area contributed by atoms with Crippen LogP contribution in [-0.4, -0.2) is 41.3 Å². The summed E-state index contributed by atoms with van der Waals surface area (Å²) < 4.78 is 5.79. The van der Waals surface area contributed by atoms with Gasteiger partial charge in [-0.2, -0.15) is 0 Å². The second-order valence-electron chi connectivity index (χ2n) is 5.99. The molecule has 3 heterocycles. The van der Waals surface area contributed by atoms with Gasteiger partial charge in [0.1, 0.15) is 5.78 Å². The predicted octanol–water partition coefficient (Wildman–Crippen LogP) is 0.518. The summed E-state index contributed by atoms with van der Waals surface area (Å²) in [7, 11) is 0. The first-order chi connectivity index (χ1) is 8.33. The number of imide groups is 1. The summed E-state index contributed by atoms with van der Waals surface area (Å²) in [6.07, 6.45) is 1.29. The zero-order valence-electron chi connectivity index (χ0n) is 10.9. The average Bonchev–Trinajstić information content (AvgIpc) is 2.90. The van der Waals surface area contributed by atoms with Crippen LogP contribution in [-0.2, 0) is 19.1 Å². The lowest BCUT2D eigenvalue weighted by Crippen LogP contribution is -2.48. The first kappa shape index (κ1) is 11.8. The van der Waals surface area contributed by atoms with Crippen LogP contribution >= 0.6 is 0 Å². The normalized spacial score (nSPS) is 45.8. The van der Waals surface area contributed by atoms with Crippen LogP contribution in [0.1, 0.15) is 33.6 Å². The molecule has 0 unspecified atom stereocenters. The van der Waals surface area contributed by atoms with Gasteiger partial charge in [-0.15, -0.1) is 0 Å². The fourth-order valence-electron chi connectivity index (χ4n) is 3.89. The molecule has 0 aliphatic carbocycles. The van der Waals surface area contributed by atoms with Crippen molar-refractivity contribution < 1.29 is 19.1 Å². The molecule has 4 atom stereocenters. The minimum Gasteiger partial charge on any atom is -0.373 e. The Labute approximate surface area is 105 Å². The van der Waals surface area contributed by atoms with Crippen molar-refractivity contribution in [3.63, 3.8) is 0 Å². The van der Waals surface area contributed by atoms with E-state index in [9.17, 15) is 14.4 Å². The summed E-state index contributed by atoms with van der Waals surface area (Å²) in [5.41, 5.74) is -1.58. The number of ether oxygens (including phenoxy) is 1. The van der Waals surface area contributed by atoms with Gasteiger partial charge in [-0.1, -0.05) is 0 Å². The minimum absolute atomic E-state index is 0.109. The van der Waals surface area contributed by atoms with Crippen LogP contribution in [0.15, 0.2) is 0 Å². The van der Waals surface area contributed by atoms with Crippen molar-refractivity contribution in [1.29, 1.82) is 0 Å². The molecule has 0 aromatic rings. The molecule has 18 heavy (non-hydrogen) atoms. The smallest absolute Gasteiger partial charge is 0.239 e. The number of ketones is 1. The number of likely N-dealkylation sites (tertiary alicyclic amines) is 1. The van der Waals surface area contributed by atoms with E-state index in [1.54, 1.807) is 0 Å². The molecule has 3 fully saturated rings. The molecule has 2 amide bonds. The first-order valence-electron chi connectivity index (χ1n) is 6.34. The van der Waals surface area contributed by atoms with Gasteiger partial charge in [0.15, 0.2) is 0 Å². The zero-order chi connectivity index (χ0) is 13.3. The van der Waals surface area contributed by atoms with Gasteiger partial charge in [-0.05, 0) is 33.6 Å². The lowest BCUT2D eigenvalue weighted by molar-refractivity contribution is -0.147. The number of fused-ring (bicyclic) bond motifs is 5. The molecule has 0 aromatic carbocycles. The molecule has 3 rings (SSSR count). The third-order valence-electron chi connectivity index (χ3n) is 5.15. The van der Waals surface area contributed by atoms with Crippen molar-refractivity contribution in [2.75, 3.05) is 6.54 Å². The first-order valence-corrected chi connectivity index (χ1v) is 6.34. The monoisotopic (exact) mass is 251 g/mol. The SMILES string of the molecule is CC(=O)CN1C(=O)[C@@]2(C)[C@@H]3CC[C@@H](O3)[C@@]2(C)C1=O. The summed E-state index contributed by atoms with van der Waals surface area (Å²) in [6, 6.07) is 0. The van der Waals surface area contributed by atoms with Crippen LogP contribution < -0.4 is 0 Å². The maximum absolute atomic E-state index is 12.5. The van der Waals surface area contributed by atoms with Crippen LogP contribution in [0.4, 0.5) is 0 Å². The van der Waals surface area contributed by atoms with Gasteiger partial charge in [0.05, 0.1) is 29.6 Å². The molecular weight excluding hydrogens is 234 g/mol. The molecule has 3 aliphatic heterocycles. The van der Waals surface area contributed by atoms with Crippen LogP contribution in [0.5, 0.6) is 0 Å². The van der Waals surface area contributed by atoms with E-state index in [1.165, 1.54) is 6.92 Å². The number of amides is 2. The van der Waals surface area contributed by atoms with Crippen molar-refractivity contribution in [2.45, 2.75) is 45.8 Å². The van der Waals surface area contributed by atoms with E-state index >= 15 is 0 Å². The highest BCUT2D eigenvalue weighted by Gasteiger charge is 2.76. The van der Waals surface area contributed by atoms with E-state index in [-0.39, 0.29) is 36.4 Å². The third-order valence-corrected chi connectivity index (χ3v) is 5.15. The number of hydrogen-bond donors (Lipinski definition) is 0. The van der Waals surface area contributed by atoms with Crippen LogP contribution in [0.3, 0.4) is 0 Å². The van der Waals surface area contributed by atoms with Gasteiger partial charge in [0, 0.05) is 0 Å².